The maximum Gasteiger partial charge on any atom is 0.229 e. The lowest BCUT2D eigenvalue weighted by Gasteiger charge is -2.11. The molecule has 0 aliphatic heterocycles. The summed E-state index contributed by atoms with van der Waals surface area (Å²) in [6.45, 7) is 2.07. The first kappa shape index (κ1) is 13.1. The molecule has 0 atom stereocenters. The second kappa shape index (κ2) is 6.00. The largest absolute Gasteiger partial charge is 0.493 e. The first-order valence-corrected chi connectivity index (χ1v) is 6.03. The van der Waals surface area contributed by atoms with Gasteiger partial charge in [0.15, 0.2) is 17.8 Å². The van der Waals surface area contributed by atoms with Crippen molar-refractivity contribution in [3.05, 3.63) is 47.7 Å². The van der Waals surface area contributed by atoms with Crippen LogP contribution in [0.4, 0.5) is 0 Å². The van der Waals surface area contributed by atoms with Crippen LogP contribution in [0.25, 0.3) is 0 Å². The van der Waals surface area contributed by atoms with Crippen LogP contribution in [0.1, 0.15) is 22.8 Å². The summed E-state index contributed by atoms with van der Waals surface area (Å²) in [5.74, 6) is 1.45. The maximum atomic E-state index is 10.9. The van der Waals surface area contributed by atoms with E-state index in [4.69, 9.17) is 9.47 Å². The summed E-state index contributed by atoms with van der Waals surface area (Å²) in [7, 11) is 1.58. The highest BCUT2D eigenvalue weighted by molar-refractivity contribution is 5.78. The van der Waals surface area contributed by atoms with Gasteiger partial charge < -0.3 is 9.47 Å². The Bertz CT molecular complexity index is 581. The molecule has 1 heterocycles. The number of pyridine rings is 1. The second-order valence-corrected chi connectivity index (χ2v) is 3.96. The van der Waals surface area contributed by atoms with Crippen molar-refractivity contribution in [2.45, 2.75) is 13.3 Å². The monoisotopic (exact) mass is 257 g/mol. The zero-order valence-electron chi connectivity index (χ0n) is 10.9. The third-order valence-electron chi connectivity index (χ3n) is 2.77. The van der Waals surface area contributed by atoms with Crippen LogP contribution in [0.2, 0.25) is 0 Å². The molecular formula is C15H15NO3. The third kappa shape index (κ3) is 2.91. The van der Waals surface area contributed by atoms with Crippen LogP contribution >= 0.6 is 0 Å². The molecule has 1 aromatic carbocycles. The van der Waals surface area contributed by atoms with Gasteiger partial charge in [-0.1, -0.05) is 13.0 Å². The van der Waals surface area contributed by atoms with Gasteiger partial charge in [0.25, 0.3) is 0 Å². The summed E-state index contributed by atoms with van der Waals surface area (Å²) in [5.41, 5.74) is 1.56. The van der Waals surface area contributed by atoms with Gasteiger partial charge >= 0.3 is 0 Å². The van der Waals surface area contributed by atoms with Crippen molar-refractivity contribution in [3.8, 4) is 17.4 Å². The van der Waals surface area contributed by atoms with Crippen molar-refractivity contribution < 1.29 is 14.3 Å². The molecule has 2 rings (SSSR count). The molecule has 1 aromatic heterocycles. The predicted octanol–water partition coefficient (Wildman–Crippen LogP) is 3.26. The minimum Gasteiger partial charge on any atom is -0.493 e. The molecule has 4 heteroatoms. The lowest BCUT2D eigenvalue weighted by Crippen LogP contribution is -1.96. The first-order chi connectivity index (χ1) is 9.28. The minimum absolute atomic E-state index is 0.278. The van der Waals surface area contributed by atoms with E-state index in [0.29, 0.717) is 17.1 Å². The van der Waals surface area contributed by atoms with E-state index in [-0.39, 0.29) is 5.88 Å². The van der Waals surface area contributed by atoms with Crippen LogP contribution in [0, 0.1) is 0 Å². The molecule has 0 aliphatic rings. The average Bonchev–Trinajstić information content (AvgIpc) is 2.48. The Morgan fingerprint density at radius 2 is 2.11 bits per heavy atom. The van der Waals surface area contributed by atoms with E-state index in [1.54, 1.807) is 25.4 Å². The fraction of sp³-hybridized carbons (Fsp3) is 0.200. The fourth-order valence-electron chi connectivity index (χ4n) is 1.70. The van der Waals surface area contributed by atoms with Gasteiger partial charge in [-0.05, 0) is 36.2 Å². The molecule has 2 aromatic rings. The molecule has 0 bridgehead atoms. The topological polar surface area (TPSA) is 48.4 Å². The second-order valence-electron chi connectivity index (χ2n) is 3.96. The maximum absolute atomic E-state index is 10.9. The lowest BCUT2D eigenvalue weighted by atomic mass is 10.1. The Balaban J connectivity index is 2.35. The average molecular weight is 257 g/mol. The van der Waals surface area contributed by atoms with Crippen molar-refractivity contribution in [1.29, 1.82) is 0 Å². The zero-order valence-corrected chi connectivity index (χ0v) is 10.9. The number of aldehydes is 1. The van der Waals surface area contributed by atoms with E-state index in [1.807, 2.05) is 18.2 Å². The molecule has 4 nitrogen and oxygen atoms in total. The van der Waals surface area contributed by atoms with Crippen LogP contribution in [0.15, 0.2) is 36.5 Å². The quantitative estimate of drug-likeness (QED) is 0.771. The Hall–Kier alpha value is -2.36. The Kier molecular flexibility index (Phi) is 4.13. The zero-order chi connectivity index (χ0) is 13.7. The normalized spacial score (nSPS) is 10.0. The standard InChI is InChI=1S/C15H15NO3/c1-3-11-6-7-13(14(9-11)18-2)19-15-12(10-17)5-4-8-16-15/h4-10H,3H2,1-2H3. The Morgan fingerprint density at radius 1 is 1.26 bits per heavy atom. The highest BCUT2D eigenvalue weighted by atomic mass is 16.5. The van der Waals surface area contributed by atoms with Crippen molar-refractivity contribution >= 4 is 6.29 Å². The van der Waals surface area contributed by atoms with Crippen LogP contribution < -0.4 is 9.47 Å². The van der Waals surface area contributed by atoms with Crippen LogP contribution in [-0.4, -0.2) is 18.4 Å². The predicted molar refractivity (Wildman–Crippen MR) is 72.1 cm³/mol. The van der Waals surface area contributed by atoms with Crippen molar-refractivity contribution in [2.75, 3.05) is 7.11 Å². The number of methoxy groups -OCH3 is 1. The molecule has 19 heavy (non-hydrogen) atoms. The van der Waals surface area contributed by atoms with Crippen molar-refractivity contribution in [3.63, 3.8) is 0 Å². The molecule has 0 unspecified atom stereocenters. The van der Waals surface area contributed by atoms with E-state index in [2.05, 4.69) is 11.9 Å². The van der Waals surface area contributed by atoms with Crippen LogP contribution in [-0.2, 0) is 6.42 Å². The van der Waals surface area contributed by atoms with Gasteiger partial charge in [0.05, 0.1) is 12.7 Å². The molecule has 0 radical (unpaired) electrons. The highest BCUT2D eigenvalue weighted by Crippen LogP contribution is 2.32. The van der Waals surface area contributed by atoms with Crippen molar-refractivity contribution in [1.82, 2.24) is 4.98 Å². The van der Waals surface area contributed by atoms with Gasteiger partial charge in [-0.15, -0.1) is 0 Å². The minimum atomic E-state index is 0.278. The number of hydrogen-bond donors (Lipinski definition) is 0. The van der Waals surface area contributed by atoms with E-state index in [0.717, 1.165) is 18.3 Å². The molecule has 0 spiro atoms. The molecule has 0 aliphatic carbocycles. The number of aryl methyl sites for hydroxylation is 1. The lowest BCUT2D eigenvalue weighted by molar-refractivity contribution is 0.112. The fourth-order valence-corrected chi connectivity index (χ4v) is 1.70. The van der Waals surface area contributed by atoms with Gasteiger partial charge in [0, 0.05) is 6.20 Å². The first-order valence-electron chi connectivity index (χ1n) is 6.03. The number of carbonyl (C=O) groups is 1. The summed E-state index contributed by atoms with van der Waals surface area (Å²) in [6.07, 6.45) is 3.21. The van der Waals surface area contributed by atoms with E-state index >= 15 is 0 Å². The molecule has 0 N–H and O–H groups in total. The number of aromatic nitrogens is 1. The molecule has 0 fully saturated rings. The molecule has 0 amide bonds. The number of hydrogen-bond acceptors (Lipinski definition) is 4. The van der Waals surface area contributed by atoms with Crippen molar-refractivity contribution in [2.24, 2.45) is 0 Å². The SMILES string of the molecule is CCc1ccc(Oc2ncccc2C=O)c(OC)c1. The summed E-state index contributed by atoms with van der Waals surface area (Å²) in [4.78, 5) is 15.0. The molecular weight excluding hydrogens is 242 g/mol. The molecule has 0 saturated carbocycles. The molecule has 98 valence electrons. The van der Waals surface area contributed by atoms with E-state index in [9.17, 15) is 4.79 Å². The van der Waals surface area contributed by atoms with E-state index in [1.165, 1.54) is 0 Å². The summed E-state index contributed by atoms with van der Waals surface area (Å²) >= 11 is 0. The molecule has 0 saturated heterocycles. The van der Waals surface area contributed by atoms with Gasteiger partial charge in [-0.3, -0.25) is 4.79 Å². The van der Waals surface area contributed by atoms with E-state index < -0.39 is 0 Å². The number of rotatable bonds is 5. The number of carbonyl (C=O) groups excluding carboxylic acids is 1. The van der Waals surface area contributed by atoms with Crippen LogP contribution in [0.5, 0.6) is 17.4 Å². The number of ether oxygens (including phenoxy) is 2. The van der Waals surface area contributed by atoms with Gasteiger partial charge in [0.1, 0.15) is 0 Å². The van der Waals surface area contributed by atoms with Gasteiger partial charge in [-0.2, -0.15) is 0 Å². The summed E-state index contributed by atoms with van der Waals surface area (Å²) < 4.78 is 10.9. The highest BCUT2D eigenvalue weighted by Gasteiger charge is 2.10. The van der Waals surface area contributed by atoms with Gasteiger partial charge in [0.2, 0.25) is 5.88 Å². The summed E-state index contributed by atoms with van der Waals surface area (Å²) in [6, 6.07) is 9.04. The van der Waals surface area contributed by atoms with Gasteiger partial charge in [-0.25, -0.2) is 4.98 Å². The smallest absolute Gasteiger partial charge is 0.229 e. The third-order valence-corrected chi connectivity index (χ3v) is 2.77. The number of benzene rings is 1. The summed E-state index contributed by atoms with van der Waals surface area (Å²) in [5, 5.41) is 0. The Morgan fingerprint density at radius 3 is 2.79 bits per heavy atom. The Labute approximate surface area is 112 Å². The van der Waals surface area contributed by atoms with Crippen LogP contribution in [0.3, 0.4) is 0 Å². The number of nitrogens with zero attached hydrogens (tertiary/aromatic N) is 1.